The van der Waals surface area contributed by atoms with E-state index in [1.165, 1.54) is 26.2 Å². The molecule has 0 saturated carbocycles. The minimum atomic E-state index is -0.480. The second-order valence-corrected chi connectivity index (χ2v) is 4.17. The van der Waals surface area contributed by atoms with E-state index in [2.05, 4.69) is 4.74 Å². The zero-order valence-electron chi connectivity index (χ0n) is 11.3. The normalized spacial score (nSPS) is 10.7. The lowest BCUT2D eigenvalue weighted by atomic mass is 10.1. The summed E-state index contributed by atoms with van der Waals surface area (Å²) in [6.45, 7) is 1.48. The maximum absolute atomic E-state index is 11.7. The first-order chi connectivity index (χ1) is 9.61. The molecule has 0 aliphatic carbocycles. The van der Waals surface area contributed by atoms with Gasteiger partial charge in [0.15, 0.2) is 5.78 Å². The maximum Gasteiger partial charge on any atom is 0.330 e. The van der Waals surface area contributed by atoms with E-state index in [0.717, 1.165) is 5.56 Å². The third kappa shape index (κ3) is 3.03. The van der Waals surface area contributed by atoms with Gasteiger partial charge in [-0.1, -0.05) is 30.3 Å². The minimum Gasteiger partial charge on any atom is -0.466 e. The highest BCUT2D eigenvalue weighted by Crippen LogP contribution is 2.28. The zero-order valence-corrected chi connectivity index (χ0v) is 11.3. The van der Waals surface area contributed by atoms with Crippen LogP contribution >= 0.6 is 0 Å². The van der Waals surface area contributed by atoms with Gasteiger partial charge in [-0.3, -0.25) is 4.79 Å². The number of esters is 1. The molecule has 0 saturated heterocycles. The number of ether oxygens (including phenoxy) is 1. The fraction of sp³-hybridized carbons (Fsp3) is 0.125. The maximum atomic E-state index is 11.7. The molecule has 20 heavy (non-hydrogen) atoms. The average Bonchev–Trinajstić information content (AvgIpc) is 2.90. The molecule has 0 unspecified atom stereocenters. The topological polar surface area (TPSA) is 56.5 Å². The van der Waals surface area contributed by atoms with E-state index in [1.807, 2.05) is 30.3 Å². The molecule has 0 bridgehead atoms. The summed E-state index contributed by atoms with van der Waals surface area (Å²) in [6.07, 6.45) is 2.72. The van der Waals surface area contributed by atoms with Crippen LogP contribution in [0.5, 0.6) is 0 Å². The lowest BCUT2D eigenvalue weighted by Crippen LogP contribution is -1.93. The molecule has 1 aromatic carbocycles. The number of carbonyl (C=O) groups excluding carboxylic acids is 2. The lowest BCUT2D eigenvalue weighted by molar-refractivity contribution is -0.134. The van der Waals surface area contributed by atoms with Gasteiger partial charge in [-0.2, -0.15) is 0 Å². The first-order valence-corrected chi connectivity index (χ1v) is 6.08. The van der Waals surface area contributed by atoms with Crippen molar-refractivity contribution in [2.75, 3.05) is 7.11 Å². The number of rotatable bonds is 4. The summed E-state index contributed by atoms with van der Waals surface area (Å²) < 4.78 is 10.1. The Kier molecular flexibility index (Phi) is 4.15. The van der Waals surface area contributed by atoms with E-state index in [4.69, 9.17) is 4.42 Å². The fourth-order valence-corrected chi connectivity index (χ4v) is 1.78. The molecule has 0 N–H and O–H groups in total. The molecule has 2 rings (SSSR count). The van der Waals surface area contributed by atoms with Crippen LogP contribution in [0.25, 0.3) is 17.4 Å². The van der Waals surface area contributed by atoms with Crippen molar-refractivity contribution in [1.29, 1.82) is 0 Å². The quantitative estimate of drug-likeness (QED) is 0.485. The van der Waals surface area contributed by atoms with Crippen molar-refractivity contribution in [2.45, 2.75) is 6.92 Å². The van der Waals surface area contributed by atoms with Gasteiger partial charge in [0.05, 0.1) is 12.7 Å². The Balaban J connectivity index is 2.42. The van der Waals surface area contributed by atoms with Crippen LogP contribution in [-0.2, 0) is 9.53 Å². The predicted octanol–water partition coefficient (Wildman–Crippen LogP) is 3.34. The van der Waals surface area contributed by atoms with E-state index in [1.54, 1.807) is 6.07 Å². The van der Waals surface area contributed by atoms with Crippen molar-refractivity contribution < 1.29 is 18.7 Å². The van der Waals surface area contributed by atoms with E-state index in [9.17, 15) is 9.59 Å². The highest BCUT2D eigenvalue weighted by Gasteiger charge is 2.15. The molecular weight excluding hydrogens is 256 g/mol. The second-order valence-electron chi connectivity index (χ2n) is 4.17. The number of ketones is 1. The molecule has 1 aromatic heterocycles. The van der Waals surface area contributed by atoms with Gasteiger partial charge in [0.2, 0.25) is 0 Å². The number of furan rings is 1. The Hall–Kier alpha value is -2.62. The van der Waals surface area contributed by atoms with Gasteiger partial charge in [-0.25, -0.2) is 4.79 Å². The van der Waals surface area contributed by atoms with Crippen LogP contribution in [-0.4, -0.2) is 18.9 Å². The largest absolute Gasteiger partial charge is 0.466 e. The minimum absolute atomic E-state index is 0.0923. The highest BCUT2D eigenvalue weighted by molar-refractivity contribution is 6.00. The smallest absolute Gasteiger partial charge is 0.330 e. The van der Waals surface area contributed by atoms with Crippen molar-refractivity contribution >= 4 is 17.8 Å². The first kappa shape index (κ1) is 13.8. The van der Waals surface area contributed by atoms with Crippen LogP contribution < -0.4 is 0 Å². The van der Waals surface area contributed by atoms with Crippen LogP contribution in [0.15, 0.2) is 46.9 Å². The highest BCUT2D eigenvalue weighted by atomic mass is 16.5. The molecule has 2 aromatic rings. The summed E-state index contributed by atoms with van der Waals surface area (Å²) in [5.74, 6) is 0.361. The summed E-state index contributed by atoms with van der Waals surface area (Å²) in [7, 11) is 1.30. The molecule has 4 heteroatoms. The summed E-state index contributed by atoms with van der Waals surface area (Å²) in [5, 5.41) is 0. The van der Waals surface area contributed by atoms with Crippen LogP contribution in [0.2, 0.25) is 0 Å². The Morgan fingerprint density at radius 2 is 1.90 bits per heavy atom. The van der Waals surface area contributed by atoms with Crippen molar-refractivity contribution in [3.63, 3.8) is 0 Å². The average molecular weight is 270 g/mol. The Morgan fingerprint density at radius 1 is 1.20 bits per heavy atom. The van der Waals surface area contributed by atoms with Crippen LogP contribution in [0.3, 0.4) is 0 Å². The number of methoxy groups -OCH3 is 1. The van der Waals surface area contributed by atoms with Gasteiger partial charge in [-0.05, 0) is 19.1 Å². The Labute approximate surface area is 116 Å². The monoisotopic (exact) mass is 270 g/mol. The standard InChI is InChI=1S/C16H14O4/c1-11(17)14-10-13(8-9-15(18)19-2)20-16(14)12-6-4-3-5-7-12/h3-10H,1-2H3/b9-8+. The van der Waals surface area contributed by atoms with Crippen LogP contribution in [0, 0.1) is 0 Å². The van der Waals surface area contributed by atoms with Gasteiger partial charge >= 0.3 is 5.97 Å². The predicted molar refractivity (Wildman–Crippen MR) is 75.2 cm³/mol. The van der Waals surface area contributed by atoms with Gasteiger partial charge in [0, 0.05) is 11.6 Å². The molecule has 102 valence electrons. The van der Waals surface area contributed by atoms with E-state index >= 15 is 0 Å². The van der Waals surface area contributed by atoms with E-state index < -0.39 is 5.97 Å². The summed E-state index contributed by atoms with van der Waals surface area (Å²) in [6, 6.07) is 11.0. The SMILES string of the molecule is COC(=O)/C=C/c1cc(C(C)=O)c(-c2ccccc2)o1. The third-order valence-corrected chi connectivity index (χ3v) is 2.75. The second kappa shape index (κ2) is 6.02. The zero-order chi connectivity index (χ0) is 14.5. The molecule has 0 spiro atoms. The number of Topliss-reactive ketones (excluding diaryl/α,β-unsaturated/α-hetero) is 1. The van der Waals surface area contributed by atoms with Crippen molar-refractivity contribution in [1.82, 2.24) is 0 Å². The molecule has 0 aliphatic heterocycles. The lowest BCUT2D eigenvalue weighted by Gasteiger charge is -1.98. The summed E-state index contributed by atoms with van der Waals surface area (Å²) in [5.41, 5.74) is 1.30. The third-order valence-electron chi connectivity index (χ3n) is 2.75. The molecule has 0 radical (unpaired) electrons. The number of carbonyl (C=O) groups is 2. The van der Waals surface area contributed by atoms with Crippen LogP contribution in [0.4, 0.5) is 0 Å². The van der Waals surface area contributed by atoms with Crippen LogP contribution in [0.1, 0.15) is 23.0 Å². The Bertz CT molecular complexity index is 650. The van der Waals surface area contributed by atoms with Gasteiger partial charge in [-0.15, -0.1) is 0 Å². The number of hydrogen-bond acceptors (Lipinski definition) is 4. The van der Waals surface area contributed by atoms with Crippen molar-refractivity contribution in [3.05, 3.63) is 53.8 Å². The van der Waals surface area contributed by atoms with Gasteiger partial charge in [0.1, 0.15) is 11.5 Å². The molecule has 0 atom stereocenters. The fourth-order valence-electron chi connectivity index (χ4n) is 1.78. The number of benzene rings is 1. The molecule has 0 fully saturated rings. The molecule has 1 heterocycles. The van der Waals surface area contributed by atoms with Crippen molar-refractivity contribution in [2.24, 2.45) is 0 Å². The van der Waals surface area contributed by atoms with E-state index in [-0.39, 0.29) is 5.78 Å². The molecule has 0 aliphatic rings. The first-order valence-electron chi connectivity index (χ1n) is 6.08. The number of hydrogen-bond donors (Lipinski definition) is 0. The van der Waals surface area contributed by atoms with E-state index in [0.29, 0.717) is 17.1 Å². The molecular formula is C16H14O4. The van der Waals surface area contributed by atoms with Gasteiger partial charge < -0.3 is 9.15 Å². The summed E-state index contributed by atoms with van der Waals surface area (Å²) >= 11 is 0. The molecule has 0 amide bonds. The Morgan fingerprint density at radius 3 is 2.50 bits per heavy atom. The summed E-state index contributed by atoms with van der Waals surface area (Å²) in [4.78, 5) is 22.7. The van der Waals surface area contributed by atoms with Crippen molar-refractivity contribution in [3.8, 4) is 11.3 Å². The van der Waals surface area contributed by atoms with Gasteiger partial charge in [0.25, 0.3) is 0 Å². The molecule has 4 nitrogen and oxygen atoms in total.